The first-order valence-electron chi connectivity index (χ1n) is 5.75. The lowest BCUT2D eigenvalue weighted by atomic mass is 10.5. The molecule has 0 fully saturated rings. The summed E-state index contributed by atoms with van der Waals surface area (Å²) in [5, 5.41) is 22.0. The molecule has 8 N–H and O–H groups in total. The highest BCUT2D eigenvalue weighted by Gasteiger charge is 1.83. The lowest BCUT2D eigenvalue weighted by molar-refractivity contribution is -0.597. The van der Waals surface area contributed by atoms with E-state index >= 15 is 0 Å². The van der Waals surface area contributed by atoms with Crippen LogP contribution < -0.4 is 30.6 Å². The van der Waals surface area contributed by atoms with Gasteiger partial charge in [0.25, 0.3) is 0 Å². The second-order valence-corrected chi connectivity index (χ2v) is 4.11. The molecule has 0 amide bonds. The monoisotopic (exact) mass is 309 g/mol. The van der Waals surface area contributed by atoms with Gasteiger partial charge in [-0.3, -0.25) is 0 Å². The zero-order valence-electron chi connectivity index (χ0n) is 13.0. The second kappa shape index (κ2) is 30.7. The maximum absolute atomic E-state index is 8.55. The van der Waals surface area contributed by atoms with Gasteiger partial charge in [0.05, 0.1) is 55.0 Å². The van der Waals surface area contributed by atoms with Gasteiger partial charge in [-0.05, 0) is 6.92 Å². The average Bonchev–Trinajstić information content (AvgIpc) is 2.18. The summed E-state index contributed by atoms with van der Waals surface area (Å²) in [7, 11) is 6.61. The van der Waals surface area contributed by atoms with Crippen molar-refractivity contribution < 1.29 is 45.4 Å². The number of aliphatic hydroxyl groups excluding tert-OH is 2. The minimum absolute atomic E-state index is 0.139. The predicted molar refractivity (Wildman–Crippen MR) is 67.7 cm³/mol. The molecular weight excluding hydrogens is 277 g/mol. The Morgan fingerprint density at radius 3 is 1.00 bits per heavy atom. The van der Waals surface area contributed by atoms with E-state index in [9.17, 15) is 0 Å². The van der Waals surface area contributed by atoms with Crippen LogP contribution in [0.15, 0.2) is 0 Å². The van der Waals surface area contributed by atoms with Gasteiger partial charge in [0.15, 0.2) is 0 Å². The molecule has 1 atom stereocenters. The quantitative estimate of drug-likeness (QED) is 0.300. The summed E-state index contributed by atoms with van der Waals surface area (Å²) in [6.07, 6.45) is -0.560. The van der Waals surface area contributed by atoms with Crippen LogP contribution in [0.4, 0.5) is 0 Å². The third kappa shape index (κ3) is 1240. The molecule has 0 heterocycles. The Morgan fingerprint density at radius 2 is 1.00 bits per heavy atom. The zero-order valence-corrected chi connectivity index (χ0v) is 13.9. The second-order valence-electron chi connectivity index (χ2n) is 3.21. The van der Waals surface area contributed by atoms with Gasteiger partial charge in [0.2, 0.25) is 0 Å². The number of quaternary nitrogens is 3. The first-order chi connectivity index (χ1) is 8.51. The Balaban J connectivity index is -0.0000000442. The molecule has 0 aliphatic rings. The van der Waals surface area contributed by atoms with Crippen molar-refractivity contribution in [2.75, 3.05) is 48.9 Å². The highest BCUT2D eigenvalue weighted by Crippen LogP contribution is 2.03. The largest absolute Gasteiger partial charge is 0.822 e. The Bertz CT molecular complexity index is 144. The van der Waals surface area contributed by atoms with Crippen molar-refractivity contribution >= 4 is 7.82 Å². The fraction of sp³-hybridized carbons (Fsp3) is 1.00. The number of hydrogen-bond donors (Lipinski definition) is 5. The van der Waals surface area contributed by atoms with Crippen molar-refractivity contribution in [2.24, 2.45) is 0 Å². The summed E-state index contributed by atoms with van der Waals surface area (Å²) >= 11 is 0. The van der Waals surface area contributed by atoms with E-state index in [0.717, 1.165) is 0 Å². The number of phosphoric acid groups is 1. The maximum atomic E-state index is 8.55. The fourth-order valence-electron chi connectivity index (χ4n) is 0. The molecule has 0 saturated heterocycles. The summed E-state index contributed by atoms with van der Waals surface area (Å²) in [6, 6.07) is 0. The molecule has 0 aromatic heterocycles. The average molecular weight is 309 g/mol. The van der Waals surface area contributed by atoms with E-state index in [1.54, 1.807) is 0 Å². The van der Waals surface area contributed by atoms with Crippen LogP contribution in [-0.2, 0) is 4.57 Å². The smallest absolute Gasteiger partial charge is 0.0742 e. The molecule has 0 spiro atoms. The van der Waals surface area contributed by atoms with Crippen molar-refractivity contribution in [1.29, 1.82) is 0 Å². The fourth-order valence-corrected chi connectivity index (χ4v) is 0. The number of nitrogens with two attached hydrogens (primary N) is 3. The molecular formula is C9H32N3O6P. The van der Waals surface area contributed by atoms with Gasteiger partial charge in [-0.2, -0.15) is 7.82 Å². The lowest BCUT2D eigenvalue weighted by Crippen LogP contribution is -2.74. The van der Waals surface area contributed by atoms with E-state index < -0.39 is 13.9 Å². The summed E-state index contributed by atoms with van der Waals surface area (Å²) in [6.45, 7) is 1.39. The minimum atomic E-state index is -5.39. The normalized spacial score (nSPS) is 9.89. The van der Waals surface area contributed by atoms with E-state index in [-0.39, 0.29) is 6.61 Å². The minimum Gasteiger partial charge on any atom is -0.822 e. The van der Waals surface area contributed by atoms with Gasteiger partial charge in [-0.1, -0.05) is 0 Å². The highest BCUT2D eigenvalue weighted by atomic mass is 31.2. The van der Waals surface area contributed by atoms with E-state index in [2.05, 4.69) is 0 Å². The Morgan fingerprint density at radius 1 is 0.947 bits per heavy atom. The van der Waals surface area contributed by atoms with E-state index in [1.807, 2.05) is 58.2 Å². The molecule has 10 heteroatoms. The van der Waals surface area contributed by atoms with Crippen molar-refractivity contribution in [2.45, 2.75) is 13.0 Å². The van der Waals surface area contributed by atoms with Crippen LogP contribution in [0, 0.1) is 0 Å². The topological polar surface area (TPSA) is 177 Å². The van der Waals surface area contributed by atoms with Crippen LogP contribution in [0.25, 0.3) is 0 Å². The van der Waals surface area contributed by atoms with E-state index in [1.165, 1.54) is 6.92 Å². The number of hydrogen-bond acceptors (Lipinski definition) is 6. The predicted octanol–water partition coefficient (Wildman–Crippen LogP) is -7.04. The van der Waals surface area contributed by atoms with Crippen LogP contribution >= 0.6 is 7.82 Å². The van der Waals surface area contributed by atoms with Gasteiger partial charge in [0, 0.05) is 0 Å². The molecule has 1 unspecified atom stereocenters. The van der Waals surface area contributed by atoms with Crippen LogP contribution in [0.5, 0.6) is 0 Å². The molecule has 0 aliphatic heterocycles. The van der Waals surface area contributed by atoms with Crippen molar-refractivity contribution in [3.8, 4) is 0 Å². The van der Waals surface area contributed by atoms with Gasteiger partial charge in [-0.15, -0.1) is 0 Å². The van der Waals surface area contributed by atoms with Gasteiger partial charge in [0.1, 0.15) is 0 Å². The molecule has 124 valence electrons. The summed E-state index contributed by atoms with van der Waals surface area (Å²) < 4.78 is 8.55. The van der Waals surface area contributed by atoms with Crippen LogP contribution in [-0.4, -0.2) is 65.2 Å². The van der Waals surface area contributed by atoms with Crippen molar-refractivity contribution in [3.63, 3.8) is 0 Å². The summed E-state index contributed by atoms with van der Waals surface area (Å²) in [4.78, 5) is 25.6. The molecule has 0 aromatic rings. The van der Waals surface area contributed by atoms with Crippen LogP contribution in [0.3, 0.4) is 0 Å². The summed E-state index contributed by atoms with van der Waals surface area (Å²) in [5.74, 6) is 0. The van der Waals surface area contributed by atoms with Gasteiger partial charge in [-0.25, -0.2) is 0 Å². The molecule has 9 nitrogen and oxygen atoms in total. The third-order valence-electron chi connectivity index (χ3n) is 0.264. The third-order valence-corrected chi connectivity index (χ3v) is 0.264. The SMILES string of the molecule is CC(O)CO.C[NH2+]C.C[NH2+]C.C[NH2+]C.O=P([O-])([O-])[O-]. The molecule has 0 rings (SSSR count). The zero-order chi connectivity index (χ0) is 16.9. The molecule has 0 bridgehead atoms. The highest BCUT2D eigenvalue weighted by molar-refractivity contribution is 7.40. The molecule has 0 aliphatic carbocycles. The number of aliphatic hydroxyl groups is 2. The van der Waals surface area contributed by atoms with E-state index in [0.29, 0.717) is 0 Å². The maximum Gasteiger partial charge on any atom is 0.0742 e. The molecule has 19 heavy (non-hydrogen) atoms. The van der Waals surface area contributed by atoms with Crippen LogP contribution in [0.1, 0.15) is 6.92 Å². The van der Waals surface area contributed by atoms with E-state index in [4.69, 9.17) is 29.5 Å². The Hall–Kier alpha value is -0.0900. The van der Waals surface area contributed by atoms with Gasteiger partial charge >= 0.3 is 0 Å². The Kier molecular flexibility index (Phi) is 50.7. The van der Waals surface area contributed by atoms with Crippen molar-refractivity contribution in [3.05, 3.63) is 0 Å². The number of rotatable bonds is 1. The molecule has 0 aromatic carbocycles. The standard InChI is InChI=1S/C3H8O2.3C2H7N.H3O4P/c1-3(5)2-4;3*1-3-2;1-5(2,3)4/h3-5H,2H2,1H3;3*3H,1-2H3;(H3,1,2,3,4). The Labute approximate surface area is 116 Å². The molecule has 0 saturated carbocycles. The summed E-state index contributed by atoms with van der Waals surface area (Å²) in [5.41, 5.74) is 0. The lowest BCUT2D eigenvalue weighted by Gasteiger charge is -2.36. The first kappa shape index (κ1) is 31.3. The van der Waals surface area contributed by atoms with Crippen molar-refractivity contribution in [1.82, 2.24) is 0 Å². The molecule has 0 radical (unpaired) electrons. The first-order valence-corrected chi connectivity index (χ1v) is 7.22. The van der Waals surface area contributed by atoms with Gasteiger partial charge < -0.3 is 45.4 Å². The van der Waals surface area contributed by atoms with Crippen LogP contribution in [0.2, 0.25) is 0 Å².